The van der Waals surface area contributed by atoms with Crippen LogP contribution in [0.25, 0.3) is 0 Å². The van der Waals surface area contributed by atoms with Crippen LogP contribution in [0.2, 0.25) is 5.02 Å². The number of aromatic nitrogens is 1. The highest BCUT2D eigenvalue weighted by atomic mass is 35.5. The summed E-state index contributed by atoms with van der Waals surface area (Å²) in [7, 11) is 0. The molecule has 1 aliphatic rings. The van der Waals surface area contributed by atoms with Gasteiger partial charge in [0.25, 0.3) is 5.91 Å². The third-order valence-corrected chi connectivity index (χ3v) is 3.11. The first-order valence-corrected chi connectivity index (χ1v) is 5.50. The highest BCUT2D eigenvalue weighted by Crippen LogP contribution is 2.33. The third kappa shape index (κ3) is 2.29. The zero-order valence-corrected chi connectivity index (χ0v) is 9.29. The molecule has 0 saturated heterocycles. The Hall–Kier alpha value is -1.09. The fourth-order valence-electron chi connectivity index (χ4n) is 1.67. The van der Waals surface area contributed by atoms with Gasteiger partial charge in [-0.25, -0.2) is 0 Å². The summed E-state index contributed by atoms with van der Waals surface area (Å²) in [6.07, 6.45) is 5.28. The minimum atomic E-state index is -0.117. The number of carbonyl (C=O) groups excluding carboxylic acids is 1. The molecule has 1 heterocycles. The van der Waals surface area contributed by atoms with E-state index in [0.29, 0.717) is 22.5 Å². The number of pyridine rings is 1. The molecule has 2 atom stereocenters. The molecule has 0 aliphatic heterocycles. The Bertz CT molecular complexity index is 381. The number of nitrogens with zero attached hydrogens (tertiary/aromatic N) is 1. The van der Waals surface area contributed by atoms with Gasteiger partial charge in [-0.3, -0.25) is 9.78 Å². The third-order valence-electron chi connectivity index (χ3n) is 2.78. The monoisotopic (exact) mass is 224 g/mol. The van der Waals surface area contributed by atoms with E-state index < -0.39 is 0 Å². The molecule has 1 aromatic rings. The Labute approximate surface area is 93.8 Å². The number of nitrogens with one attached hydrogen (secondary N) is 1. The maximum atomic E-state index is 11.7. The summed E-state index contributed by atoms with van der Waals surface area (Å²) in [5, 5.41) is 3.40. The van der Waals surface area contributed by atoms with E-state index >= 15 is 0 Å². The van der Waals surface area contributed by atoms with Crippen molar-refractivity contribution in [3.05, 3.63) is 29.0 Å². The quantitative estimate of drug-likeness (QED) is 0.856. The number of hydrogen-bond donors (Lipinski definition) is 1. The molecule has 1 aliphatic carbocycles. The van der Waals surface area contributed by atoms with E-state index in [1.165, 1.54) is 6.20 Å². The van der Waals surface area contributed by atoms with Crippen LogP contribution in [0.5, 0.6) is 0 Å². The predicted molar refractivity (Wildman–Crippen MR) is 58.9 cm³/mol. The number of halogens is 1. The summed E-state index contributed by atoms with van der Waals surface area (Å²) in [6, 6.07) is 1.96. The van der Waals surface area contributed by atoms with Crippen molar-refractivity contribution in [3.8, 4) is 0 Å². The van der Waals surface area contributed by atoms with Crippen molar-refractivity contribution >= 4 is 17.5 Å². The van der Waals surface area contributed by atoms with Crippen molar-refractivity contribution in [2.45, 2.75) is 25.8 Å². The molecular formula is C11H13ClN2O. The second kappa shape index (κ2) is 4.19. The van der Waals surface area contributed by atoms with E-state index in [4.69, 9.17) is 11.6 Å². The second-order valence-corrected chi connectivity index (χ2v) is 4.25. The molecule has 1 saturated carbocycles. The zero-order valence-electron chi connectivity index (χ0n) is 8.53. The first kappa shape index (κ1) is 10.4. The predicted octanol–water partition coefficient (Wildman–Crippen LogP) is 2.26. The molecule has 0 radical (unpaired) electrons. The van der Waals surface area contributed by atoms with Gasteiger partial charge in [-0.15, -0.1) is 0 Å². The first-order valence-electron chi connectivity index (χ1n) is 5.12. The summed E-state index contributed by atoms with van der Waals surface area (Å²) in [5.41, 5.74) is 0.459. The van der Waals surface area contributed by atoms with Gasteiger partial charge in [0.2, 0.25) is 0 Å². The summed E-state index contributed by atoms with van der Waals surface area (Å²) >= 11 is 5.89. The molecule has 4 heteroatoms. The van der Waals surface area contributed by atoms with Gasteiger partial charge < -0.3 is 5.32 Å². The highest BCUT2D eigenvalue weighted by molar-refractivity contribution is 6.33. The molecule has 15 heavy (non-hydrogen) atoms. The standard InChI is InChI=1S/C11H13ClN2O/c1-2-7-5-10(7)14-11(15)8-6-13-4-3-9(8)12/h3-4,6-7,10H,2,5H2,1H3,(H,14,15). The van der Waals surface area contributed by atoms with E-state index in [1.807, 2.05) is 0 Å². The zero-order chi connectivity index (χ0) is 10.8. The van der Waals surface area contributed by atoms with Gasteiger partial charge in [-0.2, -0.15) is 0 Å². The molecule has 1 N–H and O–H groups in total. The van der Waals surface area contributed by atoms with Gasteiger partial charge in [0.1, 0.15) is 0 Å². The lowest BCUT2D eigenvalue weighted by atomic mass is 10.2. The molecule has 3 nitrogen and oxygen atoms in total. The van der Waals surface area contributed by atoms with Crippen LogP contribution in [0, 0.1) is 5.92 Å². The molecule has 1 aromatic heterocycles. The lowest BCUT2D eigenvalue weighted by Gasteiger charge is -2.04. The van der Waals surface area contributed by atoms with Gasteiger partial charge in [-0.1, -0.05) is 24.9 Å². The van der Waals surface area contributed by atoms with Crippen molar-refractivity contribution in [3.63, 3.8) is 0 Å². The Morgan fingerprint density at radius 1 is 1.73 bits per heavy atom. The van der Waals surface area contributed by atoms with Gasteiger partial charge in [0, 0.05) is 18.4 Å². The van der Waals surface area contributed by atoms with Crippen molar-refractivity contribution in [2.24, 2.45) is 5.92 Å². The molecule has 1 fully saturated rings. The number of rotatable bonds is 3. The largest absolute Gasteiger partial charge is 0.349 e. The Kier molecular flexibility index (Phi) is 2.91. The smallest absolute Gasteiger partial charge is 0.254 e. The maximum absolute atomic E-state index is 11.7. The molecule has 1 amide bonds. The van der Waals surface area contributed by atoms with Crippen LogP contribution < -0.4 is 5.32 Å². The molecule has 80 valence electrons. The van der Waals surface area contributed by atoms with Crippen molar-refractivity contribution in [1.29, 1.82) is 0 Å². The van der Waals surface area contributed by atoms with Crippen molar-refractivity contribution in [2.75, 3.05) is 0 Å². The number of amides is 1. The van der Waals surface area contributed by atoms with Crippen molar-refractivity contribution in [1.82, 2.24) is 10.3 Å². The topological polar surface area (TPSA) is 42.0 Å². The molecule has 2 rings (SSSR count). The van der Waals surface area contributed by atoms with Crippen LogP contribution in [0.15, 0.2) is 18.5 Å². The van der Waals surface area contributed by atoms with E-state index in [9.17, 15) is 4.79 Å². The van der Waals surface area contributed by atoms with Crippen LogP contribution in [-0.2, 0) is 0 Å². The SMILES string of the molecule is CCC1CC1NC(=O)c1cnccc1Cl. The Balaban J connectivity index is 2.00. The maximum Gasteiger partial charge on any atom is 0.254 e. The molecular weight excluding hydrogens is 212 g/mol. The van der Waals surface area contributed by atoms with Crippen LogP contribution in [-0.4, -0.2) is 16.9 Å². The average molecular weight is 225 g/mol. The fourth-order valence-corrected chi connectivity index (χ4v) is 1.86. The summed E-state index contributed by atoms with van der Waals surface area (Å²) in [6.45, 7) is 2.13. The van der Waals surface area contributed by atoms with E-state index in [1.54, 1.807) is 12.3 Å². The molecule has 0 aromatic carbocycles. The number of hydrogen-bond acceptors (Lipinski definition) is 2. The van der Waals surface area contributed by atoms with Crippen LogP contribution in [0.3, 0.4) is 0 Å². The molecule has 2 unspecified atom stereocenters. The summed E-state index contributed by atoms with van der Waals surface area (Å²) in [4.78, 5) is 15.6. The van der Waals surface area contributed by atoms with E-state index in [0.717, 1.165) is 12.8 Å². The van der Waals surface area contributed by atoms with Crippen molar-refractivity contribution < 1.29 is 4.79 Å². The normalized spacial score (nSPS) is 23.6. The second-order valence-electron chi connectivity index (χ2n) is 3.84. The molecule has 0 bridgehead atoms. The van der Waals surface area contributed by atoms with Gasteiger partial charge in [-0.05, 0) is 18.4 Å². The minimum Gasteiger partial charge on any atom is -0.349 e. The average Bonchev–Trinajstić information content (AvgIpc) is 2.97. The Morgan fingerprint density at radius 2 is 2.53 bits per heavy atom. The summed E-state index contributed by atoms with van der Waals surface area (Å²) < 4.78 is 0. The molecule has 0 spiro atoms. The Morgan fingerprint density at radius 3 is 3.13 bits per heavy atom. The minimum absolute atomic E-state index is 0.117. The highest BCUT2D eigenvalue weighted by Gasteiger charge is 2.36. The lowest BCUT2D eigenvalue weighted by Crippen LogP contribution is -2.27. The number of carbonyl (C=O) groups is 1. The van der Waals surface area contributed by atoms with E-state index in [2.05, 4.69) is 17.2 Å². The summed E-state index contributed by atoms with van der Waals surface area (Å²) in [5.74, 6) is 0.526. The lowest BCUT2D eigenvalue weighted by molar-refractivity contribution is 0.0949. The fraction of sp³-hybridized carbons (Fsp3) is 0.455. The first-order chi connectivity index (χ1) is 7.22. The van der Waals surface area contributed by atoms with Crippen LogP contribution in [0.4, 0.5) is 0 Å². The van der Waals surface area contributed by atoms with Crippen LogP contribution in [0.1, 0.15) is 30.1 Å². The van der Waals surface area contributed by atoms with E-state index in [-0.39, 0.29) is 5.91 Å². The van der Waals surface area contributed by atoms with Gasteiger partial charge >= 0.3 is 0 Å². The van der Waals surface area contributed by atoms with Gasteiger partial charge in [0.05, 0.1) is 10.6 Å². The van der Waals surface area contributed by atoms with Gasteiger partial charge in [0.15, 0.2) is 0 Å². The van der Waals surface area contributed by atoms with Crippen LogP contribution >= 0.6 is 11.6 Å².